The maximum atomic E-state index is 15.0. The molecule has 1 saturated carbocycles. The third-order valence-corrected chi connectivity index (χ3v) is 5.67. The first-order chi connectivity index (χ1) is 15.3. The Morgan fingerprint density at radius 3 is 2.56 bits per heavy atom. The predicted molar refractivity (Wildman–Crippen MR) is 118 cm³/mol. The number of amides is 2. The molecule has 0 spiro atoms. The second-order valence-corrected chi connectivity index (χ2v) is 8.42. The van der Waals surface area contributed by atoms with Crippen molar-refractivity contribution in [1.29, 1.82) is 0 Å². The zero-order valence-corrected chi connectivity index (χ0v) is 18.7. The number of ether oxygens (including phenoxy) is 1. The Bertz CT molecular complexity index is 719. The summed E-state index contributed by atoms with van der Waals surface area (Å²) in [5.74, 6) is -2.21. The average molecular weight is 475 g/mol. The van der Waals surface area contributed by atoms with Crippen molar-refractivity contribution in [3.05, 3.63) is 23.9 Å². The van der Waals surface area contributed by atoms with Crippen molar-refractivity contribution in [2.24, 2.45) is 22.6 Å². The first kappa shape index (κ1) is 25.9. The van der Waals surface area contributed by atoms with Gasteiger partial charge >= 0.3 is 0 Å². The molecule has 1 heterocycles. The minimum atomic E-state index is -0.871. The van der Waals surface area contributed by atoms with Crippen LogP contribution >= 0.6 is 11.6 Å². The van der Waals surface area contributed by atoms with Gasteiger partial charge in [-0.15, -0.1) is 0 Å². The SMILES string of the molecule is C=C(NC1CCOCC1)/C(F)=C(\N=C(/N)Cl)NNC(=O)[C@H](CC1CCCC1)CN(O)C=O. The molecule has 0 unspecified atom stereocenters. The van der Waals surface area contributed by atoms with Gasteiger partial charge in [0.25, 0.3) is 0 Å². The summed E-state index contributed by atoms with van der Waals surface area (Å²) >= 11 is 5.62. The summed E-state index contributed by atoms with van der Waals surface area (Å²) < 4.78 is 20.3. The van der Waals surface area contributed by atoms with Gasteiger partial charge in [-0.05, 0) is 36.8 Å². The zero-order valence-electron chi connectivity index (χ0n) is 18.0. The number of hydrogen-bond donors (Lipinski definition) is 5. The summed E-state index contributed by atoms with van der Waals surface area (Å²) in [4.78, 5) is 27.3. The van der Waals surface area contributed by atoms with Crippen molar-refractivity contribution in [3.63, 3.8) is 0 Å². The van der Waals surface area contributed by atoms with Gasteiger partial charge in [0.15, 0.2) is 16.9 Å². The molecule has 180 valence electrons. The molecule has 0 aromatic rings. The third-order valence-electron chi connectivity index (χ3n) is 5.59. The molecule has 2 rings (SSSR count). The number of carbonyl (C=O) groups is 2. The highest BCUT2D eigenvalue weighted by atomic mass is 35.5. The molecule has 6 N–H and O–H groups in total. The number of hydrazine groups is 1. The van der Waals surface area contributed by atoms with Crippen molar-refractivity contribution in [2.45, 2.75) is 51.0 Å². The number of amidine groups is 1. The molecule has 1 atom stereocenters. The predicted octanol–water partition coefficient (Wildman–Crippen LogP) is 1.63. The number of nitrogens with zero attached hydrogens (tertiary/aromatic N) is 2. The van der Waals surface area contributed by atoms with Crippen LogP contribution in [0.4, 0.5) is 4.39 Å². The van der Waals surface area contributed by atoms with Crippen LogP contribution in [-0.4, -0.2) is 53.7 Å². The molecule has 0 bridgehead atoms. The Hall–Kier alpha value is -2.37. The molecule has 32 heavy (non-hydrogen) atoms. The quantitative estimate of drug-likeness (QED) is 0.0550. The standard InChI is InChI=1S/C20H32ClFN6O4/c1-13(24-16-6-8-32-9-7-16)17(22)18(25-20(21)23)26-27-19(30)15(11-28(31)12-29)10-14-4-2-3-5-14/h12,14-16,24,26,31H,1-11H2,(H2,23,25)(H,27,30)/b18-17-/t15-/m1/s1. The summed E-state index contributed by atoms with van der Waals surface area (Å²) in [7, 11) is 0. The highest BCUT2D eigenvalue weighted by Gasteiger charge is 2.27. The highest BCUT2D eigenvalue weighted by Crippen LogP contribution is 2.30. The minimum absolute atomic E-state index is 0.00941. The molecular weight excluding hydrogens is 443 g/mol. The first-order valence-electron chi connectivity index (χ1n) is 10.7. The van der Waals surface area contributed by atoms with Crippen LogP contribution in [0.15, 0.2) is 28.9 Å². The summed E-state index contributed by atoms with van der Waals surface area (Å²) in [5.41, 5.74) is 10.1. The number of hydrogen-bond acceptors (Lipinski definition) is 7. The van der Waals surface area contributed by atoms with Crippen LogP contribution in [-0.2, 0) is 14.3 Å². The normalized spacial score (nSPS) is 19.7. The van der Waals surface area contributed by atoms with E-state index in [2.05, 4.69) is 27.7 Å². The molecule has 2 aliphatic rings. The van der Waals surface area contributed by atoms with Crippen LogP contribution in [0.2, 0.25) is 0 Å². The molecule has 1 saturated heterocycles. The van der Waals surface area contributed by atoms with Gasteiger partial charge in [0.2, 0.25) is 12.3 Å². The van der Waals surface area contributed by atoms with Gasteiger partial charge in [-0.2, -0.15) is 4.99 Å². The Kier molecular flexibility index (Phi) is 10.7. The van der Waals surface area contributed by atoms with Crippen molar-refractivity contribution < 1.29 is 23.9 Å². The maximum Gasteiger partial charge on any atom is 0.243 e. The van der Waals surface area contributed by atoms with Crippen molar-refractivity contribution in [3.8, 4) is 0 Å². The second-order valence-electron chi connectivity index (χ2n) is 8.03. The molecule has 1 aliphatic heterocycles. The van der Waals surface area contributed by atoms with E-state index in [1.54, 1.807) is 0 Å². The number of rotatable bonds is 12. The fourth-order valence-corrected chi connectivity index (χ4v) is 4.02. The van der Waals surface area contributed by atoms with Crippen LogP contribution in [0.3, 0.4) is 0 Å². The second kappa shape index (κ2) is 13.2. The Morgan fingerprint density at radius 1 is 1.31 bits per heavy atom. The van der Waals surface area contributed by atoms with Gasteiger partial charge in [-0.25, -0.2) is 9.45 Å². The zero-order chi connectivity index (χ0) is 23.5. The van der Waals surface area contributed by atoms with E-state index in [9.17, 15) is 19.2 Å². The smallest absolute Gasteiger partial charge is 0.243 e. The van der Waals surface area contributed by atoms with Crippen LogP contribution < -0.4 is 21.9 Å². The third kappa shape index (κ3) is 8.64. The fraction of sp³-hybridized carbons (Fsp3) is 0.650. The van der Waals surface area contributed by atoms with Crippen LogP contribution in [0, 0.1) is 11.8 Å². The monoisotopic (exact) mass is 474 g/mol. The van der Waals surface area contributed by atoms with Gasteiger partial charge in [-0.1, -0.05) is 32.3 Å². The number of allylic oxidation sites excluding steroid dienone is 1. The number of nitrogens with one attached hydrogen (secondary N) is 3. The topological polar surface area (TPSA) is 141 Å². The molecular formula is C20H32ClFN6O4. The number of halogens is 2. The lowest BCUT2D eigenvalue weighted by atomic mass is 9.92. The van der Waals surface area contributed by atoms with Crippen molar-refractivity contribution in [1.82, 2.24) is 21.2 Å². The van der Waals surface area contributed by atoms with E-state index in [1.165, 1.54) is 0 Å². The van der Waals surface area contributed by atoms with Crippen LogP contribution in [0.1, 0.15) is 44.9 Å². The lowest BCUT2D eigenvalue weighted by Crippen LogP contribution is -2.45. The summed E-state index contributed by atoms with van der Waals surface area (Å²) in [6.45, 7) is 4.63. The van der Waals surface area contributed by atoms with Crippen LogP contribution in [0.5, 0.6) is 0 Å². The molecule has 1 aliphatic carbocycles. The lowest BCUT2D eigenvalue weighted by molar-refractivity contribution is -0.155. The summed E-state index contributed by atoms with van der Waals surface area (Å²) in [6.07, 6.45) is 6.24. The number of carbonyl (C=O) groups excluding carboxylic acids is 2. The summed E-state index contributed by atoms with van der Waals surface area (Å²) in [6, 6.07) is -0.00941. The molecule has 12 heteroatoms. The first-order valence-corrected chi connectivity index (χ1v) is 11.1. The van der Waals surface area contributed by atoms with E-state index in [-0.39, 0.29) is 24.7 Å². The van der Waals surface area contributed by atoms with E-state index >= 15 is 0 Å². The molecule has 2 fully saturated rings. The van der Waals surface area contributed by atoms with E-state index in [0.717, 1.165) is 25.7 Å². The molecule has 0 radical (unpaired) electrons. The van der Waals surface area contributed by atoms with Gasteiger partial charge in [0.1, 0.15) is 0 Å². The Morgan fingerprint density at radius 2 is 1.97 bits per heavy atom. The lowest BCUT2D eigenvalue weighted by Gasteiger charge is -2.25. The number of aliphatic imine (C=N–C) groups is 1. The largest absolute Gasteiger partial charge is 0.381 e. The fourth-order valence-electron chi connectivity index (χ4n) is 3.94. The van der Waals surface area contributed by atoms with Gasteiger partial charge in [-0.3, -0.25) is 25.6 Å². The van der Waals surface area contributed by atoms with Crippen molar-refractivity contribution >= 4 is 29.2 Å². The average Bonchev–Trinajstić information content (AvgIpc) is 3.28. The summed E-state index contributed by atoms with van der Waals surface area (Å²) in [5, 5.41) is 12.5. The number of nitrogens with two attached hydrogens (primary N) is 1. The highest BCUT2D eigenvalue weighted by molar-refractivity contribution is 6.64. The van der Waals surface area contributed by atoms with E-state index in [1.807, 2.05) is 0 Å². The molecule has 0 aromatic carbocycles. The minimum Gasteiger partial charge on any atom is -0.381 e. The Balaban J connectivity index is 2.05. The van der Waals surface area contributed by atoms with Gasteiger partial charge in [0, 0.05) is 19.3 Å². The van der Waals surface area contributed by atoms with E-state index < -0.39 is 28.8 Å². The number of hydroxylamine groups is 2. The van der Waals surface area contributed by atoms with Crippen molar-refractivity contribution in [2.75, 3.05) is 19.8 Å². The van der Waals surface area contributed by atoms with Gasteiger partial charge < -0.3 is 15.8 Å². The Labute approximate surface area is 192 Å². The maximum absolute atomic E-state index is 15.0. The molecule has 0 aromatic heterocycles. The molecule has 10 nitrogen and oxygen atoms in total. The molecule has 2 amide bonds. The van der Waals surface area contributed by atoms with E-state index in [4.69, 9.17) is 22.1 Å². The van der Waals surface area contributed by atoms with Gasteiger partial charge in [0.05, 0.1) is 18.2 Å². The van der Waals surface area contributed by atoms with Crippen LogP contribution in [0.25, 0.3) is 0 Å². The van der Waals surface area contributed by atoms with E-state index in [0.29, 0.717) is 43.5 Å².